The summed E-state index contributed by atoms with van der Waals surface area (Å²) < 4.78 is 1.96. The second kappa shape index (κ2) is 6.56. The van der Waals surface area contributed by atoms with Crippen molar-refractivity contribution < 1.29 is 5.11 Å². The van der Waals surface area contributed by atoms with Gasteiger partial charge in [-0.2, -0.15) is 0 Å². The third kappa shape index (κ3) is 4.50. The van der Waals surface area contributed by atoms with Crippen LogP contribution in [0.2, 0.25) is 0 Å². The van der Waals surface area contributed by atoms with Gasteiger partial charge in [-0.3, -0.25) is 4.79 Å². The van der Waals surface area contributed by atoms with Gasteiger partial charge in [0.25, 0.3) is 0 Å². The van der Waals surface area contributed by atoms with Crippen LogP contribution in [-0.2, 0) is 13.1 Å². The molecule has 5 heteroatoms. The monoisotopic (exact) mass is 253 g/mol. The minimum absolute atomic E-state index is 0.178. The maximum Gasteiger partial charge on any atom is 0.223 e. The Balaban J connectivity index is 2.86. The van der Waals surface area contributed by atoms with Gasteiger partial charge in [-0.25, -0.2) is 0 Å². The first-order valence-electron chi connectivity index (χ1n) is 6.12. The fraction of sp³-hybridized carbons (Fsp3) is 0.615. The van der Waals surface area contributed by atoms with Crippen molar-refractivity contribution in [3.8, 4) is 5.75 Å². The van der Waals surface area contributed by atoms with Crippen LogP contribution in [0.4, 0.5) is 0 Å². The molecule has 0 saturated heterocycles. The van der Waals surface area contributed by atoms with Gasteiger partial charge >= 0.3 is 0 Å². The molecule has 0 unspecified atom stereocenters. The van der Waals surface area contributed by atoms with Crippen molar-refractivity contribution >= 4 is 0 Å². The highest BCUT2D eigenvalue weighted by Crippen LogP contribution is 2.08. The summed E-state index contributed by atoms with van der Waals surface area (Å²) in [5, 5.41) is 9.51. The summed E-state index contributed by atoms with van der Waals surface area (Å²) in [6, 6.07) is 1.52. The van der Waals surface area contributed by atoms with Crippen molar-refractivity contribution in [2.75, 3.05) is 34.7 Å². The third-order valence-corrected chi connectivity index (χ3v) is 2.68. The van der Waals surface area contributed by atoms with Crippen LogP contribution in [0.1, 0.15) is 12.1 Å². The average molecular weight is 253 g/mol. The van der Waals surface area contributed by atoms with Crippen molar-refractivity contribution in [2.45, 2.75) is 19.5 Å². The molecule has 0 amide bonds. The summed E-state index contributed by atoms with van der Waals surface area (Å²) in [5.41, 5.74) is 0.622. The molecule has 5 nitrogen and oxygen atoms in total. The lowest BCUT2D eigenvalue weighted by Gasteiger charge is -2.18. The van der Waals surface area contributed by atoms with E-state index in [1.165, 1.54) is 12.3 Å². The number of aromatic nitrogens is 1. The maximum absolute atomic E-state index is 11.5. The predicted octanol–water partition coefficient (Wildman–Crippen LogP) is 0.567. The lowest BCUT2D eigenvalue weighted by atomic mass is 10.3. The molecule has 0 aliphatic rings. The zero-order valence-corrected chi connectivity index (χ0v) is 11.7. The van der Waals surface area contributed by atoms with Gasteiger partial charge in [-0.05, 0) is 41.2 Å². The lowest BCUT2D eigenvalue weighted by molar-refractivity contribution is 0.362. The smallest absolute Gasteiger partial charge is 0.223 e. The topological polar surface area (TPSA) is 48.7 Å². The van der Waals surface area contributed by atoms with Gasteiger partial charge in [0.2, 0.25) is 5.43 Å². The molecule has 0 spiro atoms. The molecule has 1 aromatic rings. The quantitative estimate of drug-likeness (QED) is 0.805. The van der Waals surface area contributed by atoms with Gasteiger partial charge in [-0.1, -0.05) is 0 Å². The zero-order chi connectivity index (χ0) is 13.7. The summed E-state index contributed by atoms with van der Waals surface area (Å²) in [4.78, 5) is 15.6. The predicted molar refractivity (Wildman–Crippen MR) is 72.9 cm³/mol. The van der Waals surface area contributed by atoms with E-state index in [2.05, 4.69) is 4.90 Å². The molecule has 0 aromatic carbocycles. The third-order valence-electron chi connectivity index (χ3n) is 2.68. The molecule has 0 radical (unpaired) electrons. The van der Waals surface area contributed by atoms with Crippen molar-refractivity contribution in [3.05, 3.63) is 28.2 Å². The first kappa shape index (κ1) is 14.7. The molecule has 0 bridgehead atoms. The zero-order valence-electron chi connectivity index (χ0n) is 11.7. The van der Waals surface area contributed by atoms with E-state index in [9.17, 15) is 9.90 Å². The highest BCUT2D eigenvalue weighted by atomic mass is 16.3. The van der Waals surface area contributed by atoms with Gasteiger partial charge in [0.05, 0.1) is 6.20 Å². The lowest BCUT2D eigenvalue weighted by Crippen LogP contribution is -2.21. The minimum Gasteiger partial charge on any atom is -0.503 e. The van der Waals surface area contributed by atoms with Gasteiger partial charge in [0.1, 0.15) is 0 Å². The molecular weight excluding hydrogens is 230 g/mol. The highest BCUT2D eigenvalue weighted by molar-refractivity contribution is 5.20. The molecule has 1 aromatic heterocycles. The molecule has 1 N–H and O–H groups in total. The first-order valence-corrected chi connectivity index (χ1v) is 6.12. The van der Waals surface area contributed by atoms with Gasteiger partial charge in [0, 0.05) is 24.8 Å². The van der Waals surface area contributed by atoms with Crippen LogP contribution in [0, 0.1) is 0 Å². The summed E-state index contributed by atoms with van der Waals surface area (Å²) >= 11 is 0. The summed E-state index contributed by atoms with van der Waals surface area (Å²) in [5.74, 6) is -0.178. The Morgan fingerprint density at radius 2 is 1.89 bits per heavy atom. The fourth-order valence-corrected chi connectivity index (χ4v) is 1.83. The number of pyridine rings is 1. The molecule has 0 saturated carbocycles. The van der Waals surface area contributed by atoms with Crippen LogP contribution in [0.15, 0.2) is 17.1 Å². The Labute approximate surface area is 108 Å². The number of rotatable bonds is 6. The van der Waals surface area contributed by atoms with E-state index in [1.54, 1.807) is 0 Å². The molecule has 0 aliphatic carbocycles. The normalized spacial score (nSPS) is 11.4. The van der Waals surface area contributed by atoms with Crippen molar-refractivity contribution in [3.63, 3.8) is 0 Å². The molecule has 0 fully saturated rings. The maximum atomic E-state index is 11.5. The SMILES string of the molecule is CN(C)CCCn1cc(O)c(=O)cc1CN(C)C. The van der Waals surface area contributed by atoms with E-state index >= 15 is 0 Å². The Morgan fingerprint density at radius 1 is 1.22 bits per heavy atom. The van der Waals surface area contributed by atoms with E-state index in [1.807, 2.05) is 37.7 Å². The largest absolute Gasteiger partial charge is 0.503 e. The van der Waals surface area contributed by atoms with Gasteiger partial charge in [0.15, 0.2) is 5.75 Å². The Morgan fingerprint density at radius 3 is 2.44 bits per heavy atom. The first-order chi connectivity index (χ1) is 8.40. The van der Waals surface area contributed by atoms with Crippen molar-refractivity contribution in [2.24, 2.45) is 0 Å². The minimum atomic E-state index is -0.310. The Bertz CT molecular complexity index is 438. The van der Waals surface area contributed by atoms with Crippen molar-refractivity contribution in [1.29, 1.82) is 0 Å². The van der Waals surface area contributed by atoms with Crippen LogP contribution in [-0.4, -0.2) is 54.2 Å². The van der Waals surface area contributed by atoms with Crippen molar-refractivity contribution in [1.82, 2.24) is 14.4 Å². The van der Waals surface area contributed by atoms with Crippen LogP contribution < -0.4 is 5.43 Å². The molecule has 0 aliphatic heterocycles. The van der Waals surface area contributed by atoms with E-state index < -0.39 is 0 Å². The molecule has 1 heterocycles. The molecule has 102 valence electrons. The van der Waals surface area contributed by atoms with E-state index in [-0.39, 0.29) is 11.2 Å². The van der Waals surface area contributed by atoms with Crippen LogP contribution in [0.3, 0.4) is 0 Å². The molecule has 1 rings (SSSR count). The Kier molecular flexibility index (Phi) is 5.37. The number of hydrogen-bond donors (Lipinski definition) is 1. The second-order valence-corrected chi connectivity index (χ2v) is 5.10. The summed E-state index contributed by atoms with van der Waals surface area (Å²) in [6.07, 6.45) is 2.52. The molecule has 18 heavy (non-hydrogen) atoms. The van der Waals surface area contributed by atoms with E-state index in [0.717, 1.165) is 25.2 Å². The van der Waals surface area contributed by atoms with Gasteiger partial charge < -0.3 is 19.5 Å². The van der Waals surface area contributed by atoms with E-state index in [4.69, 9.17) is 0 Å². The highest BCUT2D eigenvalue weighted by Gasteiger charge is 2.06. The molecular formula is C13H23N3O2. The fourth-order valence-electron chi connectivity index (χ4n) is 1.83. The number of aryl methyl sites for hydroxylation is 1. The van der Waals surface area contributed by atoms with E-state index in [0.29, 0.717) is 6.54 Å². The number of aromatic hydroxyl groups is 1. The van der Waals surface area contributed by atoms with Crippen LogP contribution in [0.5, 0.6) is 5.75 Å². The summed E-state index contributed by atoms with van der Waals surface area (Å²) in [7, 11) is 7.98. The molecule has 0 atom stereocenters. The number of nitrogens with zero attached hydrogens (tertiary/aromatic N) is 3. The van der Waals surface area contributed by atoms with Gasteiger partial charge in [-0.15, -0.1) is 0 Å². The van der Waals surface area contributed by atoms with Crippen LogP contribution in [0.25, 0.3) is 0 Å². The average Bonchev–Trinajstić information content (AvgIpc) is 2.23. The second-order valence-electron chi connectivity index (χ2n) is 5.10. The summed E-state index contributed by atoms with van der Waals surface area (Å²) in [6.45, 7) is 2.47. The number of hydrogen-bond acceptors (Lipinski definition) is 4. The Hall–Kier alpha value is -1.33. The van der Waals surface area contributed by atoms with Crippen LogP contribution >= 0.6 is 0 Å². The standard InChI is InChI=1S/C13H23N3O2/c1-14(2)6-5-7-16-10-13(18)12(17)8-11(16)9-15(3)4/h8,10,18H,5-7,9H2,1-4H3.